The molecule has 1 nitrogen and oxygen atoms in total. The van der Waals surface area contributed by atoms with Gasteiger partial charge < -0.3 is 4.74 Å². The number of halogens is 1. The van der Waals surface area contributed by atoms with E-state index in [9.17, 15) is 0 Å². The molecule has 0 bridgehead atoms. The molecule has 0 aliphatic carbocycles. The third-order valence-corrected chi connectivity index (χ3v) is 2.39. The molecule has 0 saturated heterocycles. The van der Waals surface area contributed by atoms with Gasteiger partial charge in [-0.3, -0.25) is 0 Å². The maximum atomic E-state index is 5.56. The Labute approximate surface area is 105 Å². The molecule has 1 aromatic carbocycles. The minimum Gasteiger partial charge on any atom is -0.494 e. The summed E-state index contributed by atoms with van der Waals surface area (Å²) in [6.07, 6.45) is 5.30. The van der Waals surface area contributed by atoms with Crippen molar-refractivity contribution in [2.45, 2.75) is 12.8 Å². The summed E-state index contributed by atoms with van der Waals surface area (Å²) in [5.41, 5.74) is 1.13. The Balaban J connectivity index is 0.00000196. The van der Waals surface area contributed by atoms with Crippen molar-refractivity contribution < 1.29 is 4.74 Å². The number of unbranched alkanes of at least 4 members (excludes halogenated alkanes) is 1. The normalized spacial score (nSPS) is 9.13. The molecule has 0 aliphatic heterocycles. The van der Waals surface area contributed by atoms with Gasteiger partial charge in [-0.1, -0.05) is 24.8 Å². The molecule has 0 N–H and O–H groups in total. The van der Waals surface area contributed by atoms with Crippen molar-refractivity contribution in [1.82, 2.24) is 0 Å². The summed E-state index contributed by atoms with van der Waals surface area (Å²) in [6, 6.07) is 7.99. The van der Waals surface area contributed by atoms with Crippen LogP contribution in [-0.2, 0) is 0 Å². The highest BCUT2D eigenvalue weighted by atomic mass is 79.9. The smallest absolute Gasteiger partial charge is 0.119 e. The summed E-state index contributed by atoms with van der Waals surface area (Å²) in [5.74, 6) is 0.944. The van der Waals surface area contributed by atoms with Crippen LogP contribution in [0.25, 0.3) is 6.08 Å². The fourth-order valence-corrected chi connectivity index (χ4v) is 1.43. The number of ether oxygens (including phenoxy) is 1. The third-order valence-electron chi connectivity index (χ3n) is 1.98. The average Bonchev–Trinajstić information content (AvgIpc) is 2.25. The molecule has 1 rings (SSSR count). The highest BCUT2D eigenvalue weighted by Crippen LogP contribution is 2.13. The first-order valence-electron chi connectivity index (χ1n) is 4.92. The van der Waals surface area contributed by atoms with Crippen molar-refractivity contribution in [3.63, 3.8) is 0 Å². The minimum atomic E-state index is 0. The van der Waals surface area contributed by atoms with E-state index >= 15 is 0 Å². The largest absolute Gasteiger partial charge is 0.494 e. The van der Waals surface area contributed by atoms with Gasteiger partial charge in [0.1, 0.15) is 5.75 Å². The fourth-order valence-electron chi connectivity index (χ4n) is 1.14. The Hall–Kier alpha value is -0.330. The first-order chi connectivity index (χ1) is 6.86. The molecule has 1 aromatic rings. The molecule has 0 fully saturated rings. The molecular formula is C12H18BrOP. The standard InChI is InChI=1S/C12H17OP.BrH/c1-2-11-5-7-12(8-6-11)13-9-3-4-10-14;/h2,5-8H,1,3-4,9-10,14H2;1H. The zero-order valence-electron chi connectivity index (χ0n) is 8.82. The van der Waals surface area contributed by atoms with Crippen LogP contribution >= 0.6 is 26.2 Å². The van der Waals surface area contributed by atoms with E-state index in [0.29, 0.717) is 0 Å². The number of benzene rings is 1. The molecule has 1 atom stereocenters. The Bertz CT molecular complexity index is 271. The monoisotopic (exact) mass is 288 g/mol. The summed E-state index contributed by atoms with van der Waals surface area (Å²) in [5, 5.41) is 0. The zero-order chi connectivity index (χ0) is 10.2. The van der Waals surface area contributed by atoms with Crippen LogP contribution in [0.5, 0.6) is 5.75 Å². The lowest BCUT2D eigenvalue weighted by atomic mass is 10.2. The minimum absolute atomic E-state index is 0. The summed E-state index contributed by atoms with van der Waals surface area (Å²) in [7, 11) is 2.72. The Morgan fingerprint density at radius 3 is 2.40 bits per heavy atom. The molecule has 1 unspecified atom stereocenters. The van der Waals surface area contributed by atoms with Crippen molar-refractivity contribution in [1.29, 1.82) is 0 Å². The van der Waals surface area contributed by atoms with Crippen LogP contribution in [0.3, 0.4) is 0 Å². The fraction of sp³-hybridized carbons (Fsp3) is 0.333. The second-order valence-electron chi connectivity index (χ2n) is 3.12. The van der Waals surface area contributed by atoms with Gasteiger partial charge in [0.25, 0.3) is 0 Å². The summed E-state index contributed by atoms with van der Waals surface area (Å²) >= 11 is 0. The Morgan fingerprint density at radius 1 is 1.20 bits per heavy atom. The predicted molar refractivity (Wildman–Crippen MR) is 76.2 cm³/mol. The molecule has 15 heavy (non-hydrogen) atoms. The second kappa shape index (κ2) is 8.94. The van der Waals surface area contributed by atoms with Gasteiger partial charge in [-0.25, -0.2) is 0 Å². The summed E-state index contributed by atoms with van der Waals surface area (Å²) in [6.45, 7) is 4.51. The van der Waals surface area contributed by atoms with Gasteiger partial charge >= 0.3 is 0 Å². The van der Waals surface area contributed by atoms with Crippen LogP contribution in [0.4, 0.5) is 0 Å². The van der Waals surface area contributed by atoms with Crippen molar-refractivity contribution in [3.8, 4) is 5.75 Å². The first-order valence-corrected chi connectivity index (χ1v) is 5.74. The molecule has 0 aliphatic rings. The van der Waals surface area contributed by atoms with E-state index in [-0.39, 0.29) is 17.0 Å². The zero-order valence-corrected chi connectivity index (χ0v) is 11.7. The molecule has 0 amide bonds. The van der Waals surface area contributed by atoms with Gasteiger partial charge in [0, 0.05) is 0 Å². The Kier molecular flexibility index (Phi) is 8.74. The Morgan fingerprint density at radius 2 is 1.87 bits per heavy atom. The van der Waals surface area contributed by atoms with Crippen LogP contribution in [0.2, 0.25) is 0 Å². The van der Waals surface area contributed by atoms with Crippen LogP contribution < -0.4 is 4.74 Å². The van der Waals surface area contributed by atoms with E-state index in [1.807, 2.05) is 30.3 Å². The van der Waals surface area contributed by atoms with Gasteiger partial charge in [0.05, 0.1) is 6.61 Å². The quantitative estimate of drug-likeness (QED) is 0.569. The molecule has 0 saturated carbocycles. The van der Waals surface area contributed by atoms with Gasteiger partial charge in [0.15, 0.2) is 0 Å². The lowest BCUT2D eigenvalue weighted by Gasteiger charge is -2.05. The summed E-state index contributed by atoms with van der Waals surface area (Å²) < 4.78 is 5.56. The number of hydrogen-bond acceptors (Lipinski definition) is 1. The van der Waals surface area contributed by atoms with Gasteiger partial charge in [-0.05, 0) is 36.7 Å². The molecule has 3 heteroatoms. The topological polar surface area (TPSA) is 9.23 Å². The van der Waals surface area contributed by atoms with E-state index < -0.39 is 0 Å². The van der Waals surface area contributed by atoms with Gasteiger partial charge in [-0.15, -0.1) is 26.2 Å². The van der Waals surface area contributed by atoms with E-state index in [2.05, 4.69) is 15.8 Å². The molecule has 84 valence electrons. The molecule has 0 radical (unpaired) electrons. The van der Waals surface area contributed by atoms with Crippen molar-refractivity contribution in [2.75, 3.05) is 12.8 Å². The molecule has 0 heterocycles. The molecule has 0 aromatic heterocycles. The van der Waals surface area contributed by atoms with Crippen LogP contribution in [0.1, 0.15) is 18.4 Å². The van der Waals surface area contributed by atoms with Crippen molar-refractivity contribution in [3.05, 3.63) is 36.4 Å². The SMILES string of the molecule is Br.C=Cc1ccc(OCCCCP)cc1. The maximum Gasteiger partial charge on any atom is 0.119 e. The van der Waals surface area contributed by atoms with Gasteiger partial charge in [0.2, 0.25) is 0 Å². The highest BCUT2D eigenvalue weighted by Gasteiger charge is 1.92. The molecule has 0 spiro atoms. The highest BCUT2D eigenvalue weighted by molar-refractivity contribution is 8.93. The van der Waals surface area contributed by atoms with E-state index in [4.69, 9.17) is 4.74 Å². The van der Waals surface area contributed by atoms with E-state index in [1.165, 1.54) is 6.42 Å². The number of rotatable bonds is 6. The van der Waals surface area contributed by atoms with Crippen molar-refractivity contribution >= 4 is 32.3 Å². The van der Waals surface area contributed by atoms with Crippen LogP contribution in [-0.4, -0.2) is 12.8 Å². The summed E-state index contributed by atoms with van der Waals surface area (Å²) in [4.78, 5) is 0. The average molecular weight is 289 g/mol. The predicted octanol–water partition coefficient (Wildman–Crippen LogP) is 3.94. The molecular weight excluding hydrogens is 271 g/mol. The van der Waals surface area contributed by atoms with Crippen LogP contribution in [0.15, 0.2) is 30.8 Å². The maximum absolute atomic E-state index is 5.56. The van der Waals surface area contributed by atoms with Crippen molar-refractivity contribution in [2.24, 2.45) is 0 Å². The number of hydrogen-bond donors (Lipinski definition) is 0. The lowest BCUT2D eigenvalue weighted by molar-refractivity contribution is 0.310. The second-order valence-corrected chi connectivity index (χ2v) is 3.69. The van der Waals surface area contributed by atoms with E-state index in [0.717, 1.165) is 30.5 Å². The lowest BCUT2D eigenvalue weighted by Crippen LogP contribution is -1.97. The van der Waals surface area contributed by atoms with Crippen LogP contribution in [0, 0.1) is 0 Å². The van der Waals surface area contributed by atoms with E-state index in [1.54, 1.807) is 0 Å². The third kappa shape index (κ3) is 5.96. The van der Waals surface area contributed by atoms with Gasteiger partial charge in [-0.2, -0.15) is 0 Å². The first kappa shape index (κ1) is 14.7.